The third-order valence-corrected chi connectivity index (χ3v) is 6.69. The number of thioether (sulfide) groups is 1. The quantitative estimate of drug-likeness (QED) is 0.680. The molecule has 0 radical (unpaired) electrons. The van der Waals surface area contributed by atoms with Crippen molar-refractivity contribution in [1.29, 1.82) is 0 Å². The van der Waals surface area contributed by atoms with Gasteiger partial charge in [0.2, 0.25) is 5.91 Å². The van der Waals surface area contributed by atoms with Crippen molar-refractivity contribution in [2.75, 3.05) is 20.2 Å². The fourth-order valence-electron chi connectivity index (χ4n) is 4.02. The highest BCUT2D eigenvalue weighted by molar-refractivity contribution is 8.16. The zero-order valence-corrected chi connectivity index (χ0v) is 19.1. The fourth-order valence-corrected chi connectivity index (χ4v) is 5.11. The Kier molecular flexibility index (Phi) is 6.69. The fraction of sp³-hybridized carbons (Fsp3) is 0.409. The second-order valence-corrected chi connectivity index (χ2v) is 8.91. The summed E-state index contributed by atoms with van der Waals surface area (Å²) in [6, 6.07) is 7.03. The SMILES string of the molecule is CNC(=O)C1=C(C)N=C2SC=C(CC(=O)NCC3CCCO3)N2C1c1ccc(Cl)cc1. The van der Waals surface area contributed by atoms with Gasteiger partial charge in [-0.3, -0.25) is 9.59 Å². The Morgan fingerprint density at radius 1 is 1.32 bits per heavy atom. The van der Waals surface area contributed by atoms with Gasteiger partial charge in [0.1, 0.15) is 0 Å². The summed E-state index contributed by atoms with van der Waals surface area (Å²) in [4.78, 5) is 32.1. The number of allylic oxidation sites excluding steroid dienone is 1. The largest absolute Gasteiger partial charge is 0.376 e. The number of carbonyl (C=O) groups is 2. The molecular weight excluding hydrogens is 436 g/mol. The van der Waals surface area contributed by atoms with Crippen molar-refractivity contribution < 1.29 is 14.3 Å². The van der Waals surface area contributed by atoms with Crippen LogP contribution in [0.5, 0.6) is 0 Å². The Bertz CT molecular complexity index is 967. The molecule has 31 heavy (non-hydrogen) atoms. The number of hydrogen-bond acceptors (Lipinski definition) is 6. The highest BCUT2D eigenvalue weighted by Gasteiger charge is 2.40. The summed E-state index contributed by atoms with van der Waals surface area (Å²) in [6.45, 7) is 3.11. The van der Waals surface area contributed by atoms with Crippen LogP contribution in [0.2, 0.25) is 5.02 Å². The summed E-state index contributed by atoms with van der Waals surface area (Å²) >= 11 is 7.56. The molecule has 0 aliphatic carbocycles. The van der Waals surface area contributed by atoms with Crippen molar-refractivity contribution in [2.24, 2.45) is 4.99 Å². The summed E-state index contributed by atoms with van der Waals surface area (Å²) in [5, 5.41) is 9.01. The van der Waals surface area contributed by atoms with Crippen molar-refractivity contribution in [2.45, 2.75) is 38.3 Å². The number of nitrogens with zero attached hydrogens (tertiary/aromatic N) is 2. The standard InChI is InChI=1S/C22H25ClN4O3S/c1-13-19(21(29)24-2)20(14-5-7-15(23)8-6-14)27-16(12-31-22(27)26-13)10-18(28)25-11-17-4-3-9-30-17/h5-8,12,17,20H,3-4,9-11H2,1-2H3,(H,24,29)(H,25,28). The lowest BCUT2D eigenvalue weighted by molar-refractivity contribution is -0.121. The van der Waals surface area contributed by atoms with Gasteiger partial charge in [0.25, 0.3) is 5.91 Å². The molecule has 0 saturated carbocycles. The van der Waals surface area contributed by atoms with Gasteiger partial charge in [0.05, 0.1) is 29.8 Å². The molecular formula is C22H25ClN4O3S. The van der Waals surface area contributed by atoms with Crippen LogP contribution in [0.4, 0.5) is 0 Å². The first-order valence-electron chi connectivity index (χ1n) is 10.3. The molecule has 164 valence electrons. The molecule has 0 aromatic heterocycles. The molecule has 2 amide bonds. The average molecular weight is 461 g/mol. The predicted octanol–water partition coefficient (Wildman–Crippen LogP) is 3.35. The lowest BCUT2D eigenvalue weighted by Gasteiger charge is -2.36. The van der Waals surface area contributed by atoms with Crippen LogP contribution in [0, 0.1) is 0 Å². The van der Waals surface area contributed by atoms with Crippen LogP contribution < -0.4 is 10.6 Å². The number of amides is 2. The van der Waals surface area contributed by atoms with Gasteiger partial charge in [-0.05, 0) is 42.9 Å². The normalized spacial score (nSPS) is 22.7. The average Bonchev–Trinajstić information content (AvgIpc) is 3.42. The zero-order valence-electron chi connectivity index (χ0n) is 17.5. The molecule has 2 atom stereocenters. The van der Waals surface area contributed by atoms with Crippen LogP contribution in [-0.4, -0.2) is 48.2 Å². The maximum Gasteiger partial charge on any atom is 0.251 e. The van der Waals surface area contributed by atoms with Gasteiger partial charge >= 0.3 is 0 Å². The van der Waals surface area contributed by atoms with E-state index in [9.17, 15) is 9.59 Å². The number of halogens is 1. The number of aliphatic imine (C=N–C) groups is 1. The molecule has 3 heterocycles. The van der Waals surface area contributed by atoms with Crippen LogP contribution >= 0.6 is 23.4 Å². The Hall–Kier alpha value is -2.29. The van der Waals surface area contributed by atoms with Gasteiger partial charge in [-0.15, -0.1) is 0 Å². The van der Waals surface area contributed by atoms with E-state index >= 15 is 0 Å². The number of carbonyl (C=O) groups excluding carboxylic acids is 2. The topological polar surface area (TPSA) is 83.0 Å². The molecule has 1 aromatic rings. The van der Waals surface area contributed by atoms with Crippen LogP contribution in [-0.2, 0) is 14.3 Å². The lowest BCUT2D eigenvalue weighted by Crippen LogP contribution is -2.40. The number of fused-ring (bicyclic) bond motifs is 1. The van der Waals surface area contributed by atoms with Gasteiger partial charge in [-0.2, -0.15) is 0 Å². The van der Waals surface area contributed by atoms with Crippen molar-refractivity contribution >= 4 is 40.3 Å². The van der Waals surface area contributed by atoms with E-state index in [-0.39, 0.29) is 24.3 Å². The number of nitrogens with one attached hydrogen (secondary N) is 2. The molecule has 0 bridgehead atoms. The Morgan fingerprint density at radius 2 is 2.10 bits per heavy atom. The summed E-state index contributed by atoms with van der Waals surface area (Å²) in [6.07, 6.45) is 2.30. The molecule has 9 heteroatoms. The van der Waals surface area contributed by atoms with Crippen LogP contribution in [0.1, 0.15) is 37.8 Å². The van der Waals surface area contributed by atoms with E-state index in [0.29, 0.717) is 22.8 Å². The maximum atomic E-state index is 12.8. The summed E-state index contributed by atoms with van der Waals surface area (Å²) in [5.74, 6) is -0.273. The minimum Gasteiger partial charge on any atom is -0.376 e. The number of hydrogen-bond donors (Lipinski definition) is 2. The second kappa shape index (κ2) is 9.46. The zero-order chi connectivity index (χ0) is 22.0. The molecule has 0 spiro atoms. The smallest absolute Gasteiger partial charge is 0.251 e. The van der Waals surface area contributed by atoms with Crippen molar-refractivity contribution in [3.63, 3.8) is 0 Å². The van der Waals surface area contributed by atoms with Gasteiger partial charge in [0.15, 0.2) is 5.17 Å². The Morgan fingerprint density at radius 3 is 2.77 bits per heavy atom. The van der Waals surface area contributed by atoms with E-state index in [0.717, 1.165) is 35.9 Å². The maximum absolute atomic E-state index is 12.8. The van der Waals surface area contributed by atoms with Crippen molar-refractivity contribution in [3.8, 4) is 0 Å². The van der Waals surface area contributed by atoms with E-state index < -0.39 is 6.04 Å². The molecule has 3 aliphatic heterocycles. The second-order valence-electron chi connectivity index (χ2n) is 7.64. The molecule has 1 aromatic carbocycles. The van der Waals surface area contributed by atoms with Gasteiger partial charge < -0.3 is 20.3 Å². The molecule has 2 unspecified atom stereocenters. The molecule has 2 N–H and O–H groups in total. The van der Waals surface area contributed by atoms with Crippen LogP contribution in [0.15, 0.2) is 51.6 Å². The number of likely N-dealkylation sites (N-methyl/N-ethyl adjacent to an activating group) is 1. The summed E-state index contributed by atoms with van der Waals surface area (Å²) in [7, 11) is 1.61. The lowest BCUT2D eigenvalue weighted by atomic mass is 9.93. The number of benzene rings is 1. The minimum atomic E-state index is -0.392. The minimum absolute atomic E-state index is 0.0776. The third kappa shape index (κ3) is 4.66. The first-order valence-corrected chi connectivity index (χ1v) is 11.5. The summed E-state index contributed by atoms with van der Waals surface area (Å²) < 4.78 is 5.58. The predicted molar refractivity (Wildman–Crippen MR) is 123 cm³/mol. The third-order valence-electron chi connectivity index (χ3n) is 5.55. The molecule has 1 fully saturated rings. The Balaban J connectivity index is 1.59. The highest BCUT2D eigenvalue weighted by atomic mass is 35.5. The van der Waals surface area contributed by atoms with Gasteiger partial charge in [-0.1, -0.05) is 35.5 Å². The van der Waals surface area contributed by atoms with Crippen LogP contribution in [0.25, 0.3) is 0 Å². The summed E-state index contributed by atoms with van der Waals surface area (Å²) in [5.41, 5.74) is 2.93. The van der Waals surface area contributed by atoms with Crippen molar-refractivity contribution in [3.05, 3.63) is 57.2 Å². The van der Waals surface area contributed by atoms with E-state index in [1.807, 2.05) is 29.4 Å². The highest BCUT2D eigenvalue weighted by Crippen LogP contribution is 2.44. The monoisotopic (exact) mass is 460 g/mol. The first-order chi connectivity index (χ1) is 15.0. The Labute approximate surface area is 190 Å². The van der Waals surface area contributed by atoms with Gasteiger partial charge in [0, 0.05) is 30.9 Å². The van der Waals surface area contributed by atoms with Gasteiger partial charge in [-0.25, -0.2) is 4.99 Å². The molecule has 3 aliphatic rings. The molecule has 1 saturated heterocycles. The van der Waals surface area contributed by atoms with Crippen LogP contribution in [0.3, 0.4) is 0 Å². The van der Waals surface area contributed by atoms with E-state index in [1.165, 1.54) is 11.8 Å². The first kappa shape index (κ1) is 21.9. The molecule has 7 nitrogen and oxygen atoms in total. The number of rotatable bonds is 6. The van der Waals surface area contributed by atoms with E-state index in [4.69, 9.17) is 16.3 Å². The van der Waals surface area contributed by atoms with E-state index in [2.05, 4.69) is 15.6 Å². The molecule has 4 rings (SSSR count). The number of ether oxygens (including phenoxy) is 1. The van der Waals surface area contributed by atoms with E-state index in [1.54, 1.807) is 19.2 Å². The number of amidine groups is 1. The van der Waals surface area contributed by atoms with Crippen molar-refractivity contribution in [1.82, 2.24) is 15.5 Å².